The van der Waals surface area contributed by atoms with Crippen molar-refractivity contribution in [2.45, 2.75) is 25.1 Å². The number of halogens is 5. The maximum absolute atomic E-state index is 14.3. The van der Waals surface area contributed by atoms with Crippen molar-refractivity contribution < 1.29 is 41.4 Å². The lowest BCUT2D eigenvalue weighted by Crippen LogP contribution is -2.55. The molecule has 12 heteroatoms. The number of alkyl halides is 3. The molecule has 1 unspecified atom stereocenters. The number of carbonyl (C=O) groups excluding carboxylic acids is 2. The molecule has 33 heavy (non-hydrogen) atoms. The number of rotatable bonds is 6. The van der Waals surface area contributed by atoms with Crippen LogP contribution in [0.25, 0.3) is 0 Å². The molecule has 0 radical (unpaired) electrons. The molecule has 2 aromatic carbocycles. The monoisotopic (exact) mass is 490 g/mol. The van der Waals surface area contributed by atoms with E-state index in [1.807, 2.05) is 0 Å². The summed E-state index contributed by atoms with van der Waals surface area (Å²) < 4.78 is 68.8. The van der Waals surface area contributed by atoms with Gasteiger partial charge in [0, 0.05) is 20.2 Å². The maximum atomic E-state index is 14.3. The second-order valence-electron chi connectivity index (χ2n) is 7.41. The lowest BCUT2D eigenvalue weighted by atomic mass is 9.97. The third-order valence-corrected chi connectivity index (χ3v) is 5.12. The Kier molecular flexibility index (Phi) is 6.75. The van der Waals surface area contributed by atoms with E-state index in [0.29, 0.717) is 11.8 Å². The zero-order valence-corrected chi connectivity index (χ0v) is 18.4. The second-order valence-corrected chi connectivity index (χ2v) is 7.81. The predicted octanol–water partition coefficient (Wildman–Crippen LogP) is 4.51. The minimum atomic E-state index is -4.78. The highest BCUT2D eigenvalue weighted by Crippen LogP contribution is 2.43. The van der Waals surface area contributed by atoms with Crippen LogP contribution in [0.2, 0.25) is 5.02 Å². The largest absolute Gasteiger partial charge is 0.475 e. The van der Waals surface area contributed by atoms with Crippen LogP contribution in [0.5, 0.6) is 17.2 Å². The van der Waals surface area contributed by atoms with Crippen molar-refractivity contribution in [3.05, 3.63) is 46.7 Å². The lowest BCUT2D eigenvalue weighted by Gasteiger charge is -2.38. The molecule has 3 rings (SSSR count). The van der Waals surface area contributed by atoms with Gasteiger partial charge in [0.1, 0.15) is 18.2 Å². The summed E-state index contributed by atoms with van der Waals surface area (Å²) >= 11 is 5.82. The number of hydrogen-bond donors (Lipinski definition) is 1. The Hall–Kier alpha value is -3.05. The molecule has 1 aliphatic heterocycles. The van der Waals surface area contributed by atoms with Gasteiger partial charge in [-0.3, -0.25) is 9.59 Å². The number of amides is 2. The zero-order valence-electron chi connectivity index (χ0n) is 17.7. The third kappa shape index (κ3) is 5.14. The average molecular weight is 491 g/mol. The van der Waals surface area contributed by atoms with Gasteiger partial charge in [-0.1, -0.05) is 11.6 Å². The number of ether oxygens (including phenoxy) is 3. The molecule has 2 aromatic rings. The van der Waals surface area contributed by atoms with E-state index < -0.39 is 45.7 Å². The van der Waals surface area contributed by atoms with E-state index >= 15 is 0 Å². The van der Waals surface area contributed by atoms with Crippen molar-refractivity contribution in [1.29, 1.82) is 0 Å². The van der Waals surface area contributed by atoms with Crippen molar-refractivity contribution >= 4 is 29.1 Å². The summed E-state index contributed by atoms with van der Waals surface area (Å²) in [4.78, 5) is 26.2. The summed E-state index contributed by atoms with van der Waals surface area (Å²) in [5.41, 5.74) is -2.47. The van der Waals surface area contributed by atoms with Crippen LogP contribution in [-0.2, 0) is 20.5 Å². The first kappa shape index (κ1) is 24.6. The van der Waals surface area contributed by atoms with Crippen molar-refractivity contribution in [1.82, 2.24) is 5.32 Å². The molecule has 1 aliphatic rings. The summed E-state index contributed by atoms with van der Waals surface area (Å²) in [6.45, 7) is 1.38. The van der Waals surface area contributed by atoms with E-state index in [-0.39, 0.29) is 30.7 Å². The minimum Gasteiger partial charge on any atom is -0.475 e. The number of hydrogen-bond acceptors (Lipinski definition) is 5. The zero-order chi connectivity index (χ0) is 24.6. The van der Waals surface area contributed by atoms with Crippen LogP contribution >= 0.6 is 11.6 Å². The molecule has 0 saturated carbocycles. The number of benzene rings is 2. The number of carbonyl (C=O) groups is 2. The first-order valence-electron chi connectivity index (χ1n) is 9.46. The fourth-order valence-electron chi connectivity index (χ4n) is 3.24. The van der Waals surface area contributed by atoms with Gasteiger partial charge in [0.2, 0.25) is 5.91 Å². The molecule has 178 valence electrons. The fourth-order valence-corrected chi connectivity index (χ4v) is 3.49. The van der Waals surface area contributed by atoms with Crippen molar-refractivity contribution in [3.63, 3.8) is 0 Å². The van der Waals surface area contributed by atoms with E-state index in [4.69, 9.17) is 25.8 Å². The van der Waals surface area contributed by atoms with Crippen molar-refractivity contribution in [2.75, 3.05) is 25.8 Å². The van der Waals surface area contributed by atoms with E-state index in [0.717, 1.165) is 0 Å². The standard InChI is InChI=1S/C21H19ClF4N2O5/c1-20(9-17(29)27-10-31-3)19(30)28(2)15-5-4-12(8-16(15)33-20)32-18-13(22)6-11(7-14(18)23)21(24,25)26/h4-8H,9-10H2,1-3H3,(H,27,29). The van der Waals surface area contributed by atoms with Crippen LogP contribution < -0.4 is 19.7 Å². The molecule has 1 N–H and O–H groups in total. The minimum absolute atomic E-state index is 0.0109. The molecule has 0 bridgehead atoms. The lowest BCUT2D eigenvalue weighted by molar-refractivity contribution is -0.140. The van der Waals surface area contributed by atoms with Gasteiger partial charge in [0.05, 0.1) is 22.7 Å². The molecule has 1 atom stereocenters. The molecule has 7 nitrogen and oxygen atoms in total. The van der Waals surface area contributed by atoms with Gasteiger partial charge in [0.25, 0.3) is 5.91 Å². The van der Waals surface area contributed by atoms with Crippen LogP contribution in [0.1, 0.15) is 18.9 Å². The van der Waals surface area contributed by atoms with Crippen molar-refractivity contribution in [2.24, 2.45) is 0 Å². The maximum Gasteiger partial charge on any atom is 0.416 e. The first-order chi connectivity index (χ1) is 15.4. The third-order valence-electron chi connectivity index (χ3n) is 4.84. The van der Waals surface area contributed by atoms with Gasteiger partial charge >= 0.3 is 6.18 Å². The van der Waals surface area contributed by atoms with Gasteiger partial charge in [-0.05, 0) is 31.2 Å². The highest BCUT2D eigenvalue weighted by Gasteiger charge is 2.45. The second kappa shape index (κ2) is 9.06. The first-order valence-corrected chi connectivity index (χ1v) is 9.84. The van der Waals surface area contributed by atoms with Crippen LogP contribution in [0.15, 0.2) is 30.3 Å². The van der Waals surface area contributed by atoms with E-state index in [1.54, 1.807) is 0 Å². The van der Waals surface area contributed by atoms with Crippen LogP contribution in [0.4, 0.5) is 23.2 Å². The van der Waals surface area contributed by atoms with Crippen LogP contribution in [-0.4, -0.2) is 38.3 Å². The Labute approximate surface area is 191 Å². The molecular formula is C21H19ClF4N2O5. The topological polar surface area (TPSA) is 77.1 Å². The molecular weight excluding hydrogens is 472 g/mol. The van der Waals surface area contributed by atoms with Crippen LogP contribution in [0.3, 0.4) is 0 Å². The number of nitrogens with one attached hydrogen (secondary N) is 1. The van der Waals surface area contributed by atoms with E-state index in [9.17, 15) is 27.2 Å². The average Bonchev–Trinajstić information content (AvgIpc) is 2.72. The smallest absolute Gasteiger partial charge is 0.416 e. The van der Waals surface area contributed by atoms with E-state index in [1.165, 1.54) is 44.2 Å². The molecule has 2 amide bonds. The number of likely N-dealkylation sites (N-methyl/N-ethyl adjacent to an activating group) is 1. The Morgan fingerprint density at radius 1 is 1.27 bits per heavy atom. The van der Waals surface area contributed by atoms with Crippen molar-refractivity contribution in [3.8, 4) is 17.2 Å². The molecule has 1 heterocycles. The van der Waals surface area contributed by atoms with E-state index in [2.05, 4.69) is 5.32 Å². The molecule has 0 fully saturated rings. The summed E-state index contributed by atoms with van der Waals surface area (Å²) in [6, 6.07) is 4.96. The summed E-state index contributed by atoms with van der Waals surface area (Å²) in [5.74, 6) is -2.75. The Morgan fingerprint density at radius 2 is 1.97 bits per heavy atom. The Bertz CT molecular complexity index is 1070. The molecule has 0 saturated heterocycles. The fraction of sp³-hybridized carbons (Fsp3) is 0.333. The van der Waals surface area contributed by atoms with Gasteiger partial charge in [-0.2, -0.15) is 13.2 Å². The molecule has 0 aliphatic carbocycles. The predicted molar refractivity (Wildman–Crippen MR) is 110 cm³/mol. The SMILES string of the molecule is COCNC(=O)CC1(C)Oc2cc(Oc3c(F)cc(C(F)(F)F)cc3Cl)ccc2N(C)C1=O. The molecule has 0 spiro atoms. The highest BCUT2D eigenvalue weighted by atomic mass is 35.5. The Morgan fingerprint density at radius 3 is 2.58 bits per heavy atom. The summed E-state index contributed by atoms with van der Waals surface area (Å²) in [7, 11) is 2.88. The Balaban J connectivity index is 1.89. The quantitative estimate of drug-likeness (QED) is 0.476. The number of anilines is 1. The van der Waals surface area contributed by atoms with Crippen LogP contribution in [0, 0.1) is 5.82 Å². The normalized spacial score (nSPS) is 17.9. The van der Waals surface area contributed by atoms with Gasteiger partial charge in [0.15, 0.2) is 17.2 Å². The van der Waals surface area contributed by atoms with Gasteiger partial charge in [-0.15, -0.1) is 0 Å². The number of methoxy groups -OCH3 is 1. The summed E-state index contributed by atoms with van der Waals surface area (Å²) in [5, 5.41) is 1.89. The van der Waals surface area contributed by atoms with Gasteiger partial charge in [-0.25, -0.2) is 4.39 Å². The number of fused-ring (bicyclic) bond motifs is 1. The highest BCUT2D eigenvalue weighted by molar-refractivity contribution is 6.32. The summed E-state index contributed by atoms with van der Waals surface area (Å²) in [6.07, 6.45) is -5.09. The van der Waals surface area contributed by atoms with Gasteiger partial charge < -0.3 is 24.4 Å². The molecule has 0 aromatic heterocycles. The number of nitrogens with zero attached hydrogens (tertiary/aromatic N) is 1.